The van der Waals surface area contributed by atoms with Crippen molar-refractivity contribution in [3.8, 4) is 11.5 Å². The molecule has 0 aromatic heterocycles. The number of methoxy groups -OCH3 is 6. The van der Waals surface area contributed by atoms with E-state index in [9.17, 15) is 24.0 Å². The van der Waals surface area contributed by atoms with Gasteiger partial charge in [-0.15, -0.1) is 0 Å². The van der Waals surface area contributed by atoms with Crippen LogP contribution in [0.15, 0.2) is 24.3 Å². The van der Waals surface area contributed by atoms with Gasteiger partial charge in [0.1, 0.15) is 33.8 Å². The zero-order valence-corrected chi connectivity index (χ0v) is 19.3. The van der Waals surface area contributed by atoms with Crippen molar-refractivity contribution in [2.45, 2.75) is 0 Å². The number of benzene rings is 2. The minimum Gasteiger partial charge on any atom is -0.495 e. The molecule has 11 heteroatoms. The van der Waals surface area contributed by atoms with Gasteiger partial charge >= 0.3 is 23.9 Å². The molecule has 0 unspecified atom stereocenters. The first kappa shape index (κ1) is 25.8. The highest BCUT2D eigenvalue weighted by molar-refractivity contribution is 6.14. The molecule has 0 saturated carbocycles. The molecule has 180 valence electrons. The molecule has 2 aromatic rings. The van der Waals surface area contributed by atoms with Gasteiger partial charge in [-0.1, -0.05) is 0 Å². The van der Waals surface area contributed by atoms with Gasteiger partial charge in [-0.3, -0.25) is 4.79 Å². The van der Waals surface area contributed by atoms with Gasteiger partial charge < -0.3 is 28.4 Å². The van der Waals surface area contributed by atoms with Gasteiger partial charge in [-0.2, -0.15) is 0 Å². The summed E-state index contributed by atoms with van der Waals surface area (Å²) < 4.78 is 29.3. The van der Waals surface area contributed by atoms with E-state index in [1.807, 2.05) is 0 Å². The molecule has 0 aliphatic carbocycles. The summed E-state index contributed by atoms with van der Waals surface area (Å²) in [6, 6.07) is 4.61. The molecule has 0 saturated heterocycles. The fourth-order valence-corrected chi connectivity index (χ4v) is 3.17. The van der Waals surface area contributed by atoms with Crippen molar-refractivity contribution in [1.29, 1.82) is 0 Å². The molecule has 0 radical (unpaired) electrons. The Bertz CT molecular complexity index is 1000. The van der Waals surface area contributed by atoms with Gasteiger partial charge in [0.25, 0.3) is 0 Å². The molecule has 0 fully saturated rings. The fraction of sp³-hybridized carbons (Fsp3) is 0.261. The summed E-state index contributed by atoms with van der Waals surface area (Å²) in [4.78, 5) is 62.7. The van der Waals surface area contributed by atoms with Gasteiger partial charge in [-0.25, -0.2) is 19.2 Å². The molecule has 0 bridgehead atoms. The van der Waals surface area contributed by atoms with Gasteiger partial charge in [0.05, 0.1) is 42.7 Å². The zero-order valence-electron chi connectivity index (χ0n) is 19.3. The highest BCUT2D eigenvalue weighted by Crippen LogP contribution is 2.31. The van der Waals surface area contributed by atoms with Crippen LogP contribution in [0.1, 0.15) is 57.4 Å². The van der Waals surface area contributed by atoms with Gasteiger partial charge in [0.15, 0.2) is 5.78 Å². The molecule has 11 nitrogen and oxygen atoms in total. The van der Waals surface area contributed by atoms with E-state index in [0.29, 0.717) is 0 Å². The van der Waals surface area contributed by atoms with Gasteiger partial charge in [-0.05, 0) is 24.3 Å². The average Bonchev–Trinajstić information content (AvgIpc) is 2.88. The molecule has 34 heavy (non-hydrogen) atoms. The van der Waals surface area contributed by atoms with Crippen LogP contribution < -0.4 is 9.47 Å². The molecule has 2 aromatic carbocycles. The molecule has 0 aliphatic rings. The first-order valence-corrected chi connectivity index (χ1v) is 9.50. The molecule has 0 spiro atoms. The minimum atomic E-state index is -0.878. The monoisotopic (exact) mass is 474 g/mol. The van der Waals surface area contributed by atoms with Gasteiger partial charge in [0, 0.05) is 11.1 Å². The summed E-state index contributed by atoms with van der Waals surface area (Å²) >= 11 is 0. The lowest BCUT2D eigenvalue weighted by molar-refractivity contribution is 0.0574. The van der Waals surface area contributed by atoms with Crippen LogP contribution in [0.5, 0.6) is 11.5 Å². The quantitative estimate of drug-likeness (QED) is 0.315. The third-order valence-electron chi connectivity index (χ3n) is 4.73. The van der Waals surface area contributed by atoms with Crippen LogP contribution in [0.4, 0.5) is 0 Å². The summed E-state index contributed by atoms with van der Waals surface area (Å²) in [7, 11) is 6.91. The van der Waals surface area contributed by atoms with E-state index in [1.54, 1.807) is 0 Å². The standard InChI is InChI=1S/C23H22O11/c1-29-18-13(20(25)31-3)7-11(8-14(18)21(26)32-4)17(24)12-9-15(22(27)33-5)19(30-2)16(10-12)23(28)34-6/h7-10H,1-6H3. The topological polar surface area (TPSA) is 141 Å². The SMILES string of the molecule is COC(=O)c1cc(C(=O)c2cc(C(=O)OC)c(OC)c(C(=O)OC)c2)cc(C(=O)OC)c1OC. The van der Waals surface area contributed by atoms with Crippen molar-refractivity contribution < 1.29 is 52.4 Å². The van der Waals surface area contributed by atoms with Crippen molar-refractivity contribution >= 4 is 29.7 Å². The van der Waals surface area contributed by atoms with Crippen molar-refractivity contribution in [1.82, 2.24) is 0 Å². The van der Waals surface area contributed by atoms with Crippen LogP contribution in [0.3, 0.4) is 0 Å². The van der Waals surface area contributed by atoms with Gasteiger partial charge in [0.2, 0.25) is 0 Å². The lowest BCUT2D eigenvalue weighted by Gasteiger charge is -2.15. The number of rotatable bonds is 8. The van der Waals surface area contributed by atoms with Crippen LogP contribution in [-0.4, -0.2) is 72.3 Å². The maximum atomic E-state index is 13.4. The molecule has 0 atom stereocenters. The largest absolute Gasteiger partial charge is 0.495 e. The summed E-state index contributed by atoms with van der Waals surface area (Å²) in [5.74, 6) is -4.58. The third-order valence-corrected chi connectivity index (χ3v) is 4.73. The van der Waals surface area contributed by atoms with E-state index in [1.165, 1.54) is 14.2 Å². The highest BCUT2D eigenvalue weighted by atomic mass is 16.5. The predicted octanol–water partition coefficient (Wildman–Crippen LogP) is 2.08. The maximum Gasteiger partial charge on any atom is 0.341 e. The first-order valence-electron chi connectivity index (χ1n) is 9.50. The highest BCUT2D eigenvalue weighted by Gasteiger charge is 2.28. The maximum absolute atomic E-state index is 13.4. The molecule has 0 amide bonds. The molecule has 0 aliphatic heterocycles. The number of ether oxygens (including phenoxy) is 6. The van der Waals surface area contributed by atoms with Crippen LogP contribution in [0, 0.1) is 0 Å². The molecule has 0 heterocycles. The summed E-state index contributed by atoms with van der Waals surface area (Å²) in [6.45, 7) is 0. The van der Waals surface area contributed by atoms with E-state index in [4.69, 9.17) is 28.4 Å². The lowest BCUT2D eigenvalue weighted by Crippen LogP contribution is -2.16. The predicted molar refractivity (Wildman–Crippen MR) is 115 cm³/mol. The summed E-state index contributed by atoms with van der Waals surface area (Å²) in [6.07, 6.45) is 0. The van der Waals surface area contributed by atoms with E-state index in [-0.39, 0.29) is 44.9 Å². The Hall–Kier alpha value is -4.41. The van der Waals surface area contributed by atoms with E-state index >= 15 is 0 Å². The summed E-state index contributed by atoms with van der Waals surface area (Å²) in [5, 5.41) is 0. The van der Waals surface area contributed by atoms with E-state index < -0.39 is 29.7 Å². The van der Waals surface area contributed by atoms with E-state index in [2.05, 4.69) is 0 Å². The smallest absolute Gasteiger partial charge is 0.341 e. The number of carbonyl (C=O) groups excluding carboxylic acids is 5. The third kappa shape index (κ3) is 4.82. The second-order valence-electron chi connectivity index (χ2n) is 6.50. The van der Waals surface area contributed by atoms with Crippen molar-refractivity contribution in [3.05, 3.63) is 57.6 Å². The van der Waals surface area contributed by atoms with Crippen LogP contribution in [-0.2, 0) is 18.9 Å². The van der Waals surface area contributed by atoms with Crippen LogP contribution in [0.25, 0.3) is 0 Å². The Labute approximate surface area is 194 Å². The van der Waals surface area contributed by atoms with Crippen LogP contribution in [0.2, 0.25) is 0 Å². The number of hydrogen-bond donors (Lipinski definition) is 0. The minimum absolute atomic E-state index is 0.154. The fourth-order valence-electron chi connectivity index (χ4n) is 3.17. The number of carbonyl (C=O) groups is 5. The number of esters is 4. The number of hydrogen-bond acceptors (Lipinski definition) is 11. The Kier molecular flexibility index (Phi) is 8.32. The number of ketones is 1. The average molecular weight is 474 g/mol. The normalized spacial score (nSPS) is 10.1. The summed E-state index contributed by atoms with van der Waals surface area (Å²) in [5.41, 5.74) is -1.17. The van der Waals surface area contributed by atoms with Crippen molar-refractivity contribution in [2.24, 2.45) is 0 Å². The van der Waals surface area contributed by atoms with E-state index in [0.717, 1.165) is 52.7 Å². The lowest BCUT2D eigenvalue weighted by atomic mass is 9.94. The van der Waals surface area contributed by atoms with Crippen molar-refractivity contribution in [2.75, 3.05) is 42.7 Å². The molecular weight excluding hydrogens is 452 g/mol. The molecule has 0 N–H and O–H groups in total. The molecular formula is C23H22O11. The second-order valence-corrected chi connectivity index (χ2v) is 6.50. The zero-order chi connectivity index (χ0) is 25.6. The Morgan fingerprint density at radius 2 is 0.706 bits per heavy atom. The first-order chi connectivity index (χ1) is 16.2. The van der Waals surface area contributed by atoms with Crippen LogP contribution >= 0.6 is 0 Å². The van der Waals surface area contributed by atoms with Crippen molar-refractivity contribution in [3.63, 3.8) is 0 Å². The molecule has 2 rings (SSSR count). The Morgan fingerprint density at radius 1 is 0.471 bits per heavy atom. The second kappa shape index (κ2) is 10.9. The Morgan fingerprint density at radius 3 is 0.882 bits per heavy atom. The Balaban J connectivity index is 2.85.